The van der Waals surface area contributed by atoms with Crippen molar-refractivity contribution in [1.82, 2.24) is 15.1 Å². The number of rotatable bonds is 3. The molecule has 1 saturated carbocycles. The highest BCUT2D eigenvalue weighted by molar-refractivity contribution is 7.30. The van der Waals surface area contributed by atoms with Crippen LogP contribution in [0.25, 0.3) is 20.3 Å². The molecule has 1 aliphatic carbocycles. The van der Waals surface area contributed by atoms with Crippen LogP contribution >= 0.6 is 22.7 Å². The van der Waals surface area contributed by atoms with Crippen LogP contribution < -0.4 is 10.6 Å². The van der Waals surface area contributed by atoms with Crippen LogP contribution in [0.4, 0.5) is 5.13 Å². The molecule has 6 nitrogen and oxygen atoms in total. The summed E-state index contributed by atoms with van der Waals surface area (Å²) in [7, 11) is 3.99. The van der Waals surface area contributed by atoms with E-state index in [1.807, 2.05) is 19.0 Å². The second kappa shape index (κ2) is 4.49. The predicted octanol–water partition coefficient (Wildman–Crippen LogP) is 2.81. The first kappa shape index (κ1) is 13.2. The maximum atomic E-state index is 6.23. The minimum Gasteiger partial charge on any atom is -0.354 e. The highest BCUT2D eigenvalue weighted by atomic mass is 32.1. The third-order valence-corrected chi connectivity index (χ3v) is 6.10. The van der Waals surface area contributed by atoms with Gasteiger partial charge in [-0.1, -0.05) is 16.5 Å². The van der Waals surface area contributed by atoms with Gasteiger partial charge in [0.2, 0.25) is 0 Å². The minimum absolute atomic E-state index is 0.382. The molecule has 0 bridgehead atoms. The van der Waals surface area contributed by atoms with Gasteiger partial charge in [-0.3, -0.25) is 0 Å². The number of anilines is 1. The molecule has 0 radical (unpaired) electrons. The van der Waals surface area contributed by atoms with Crippen molar-refractivity contribution in [1.29, 1.82) is 0 Å². The summed E-state index contributed by atoms with van der Waals surface area (Å²) < 4.78 is 6.53. The molecule has 2 N–H and O–H groups in total. The molecule has 3 heterocycles. The van der Waals surface area contributed by atoms with Crippen LogP contribution in [0.3, 0.4) is 0 Å². The number of thiophene rings is 1. The van der Waals surface area contributed by atoms with Crippen molar-refractivity contribution in [2.45, 2.75) is 24.8 Å². The number of hydrogen-bond donors (Lipinski definition) is 1. The van der Waals surface area contributed by atoms with E-state index >= 15 is 0 Å². The first-order chi connectivity index (χ1) is 10.0. The van der Waals surface area contributed by atoms with Crippen LogP contribution in [0.5, 0.6) is 0 Å². The van der Waals surface area contributed by atoms with Gasteiger partial charge in [0.1, 0.15) is 4.83 Å². The molecule has 3 aromatic heterocycles. The Morgan fingerprint density at radius 3 is 2.71 bits per heavy atom. The van der Waals surface area contributed by atoms with Gasteiger partial charge in [0.05, 0.1) is 15.1 Å². The molecule has 1 aliphatic rings. The van der Waals surface area contributed by atoms with E-state index in [9.17, 15) is 0 Å². The predicted molar refractivity (Wildman–Crippen MR) is 84.8 cm³/mol. The monoisotopic (exact) mass is 321 g/mol. The van der Waals surface area contributed by atoms with Gasteiger partial charge >= 0.3 is 0 Å². The highest BCUT2D eigenvalue weighted by Gasteiger charge is 2.39. The third kappa shape index (κ3) is 2.05. The lowest BCUT2D eigenvalue weighted by Gasteiger charge is -2.34. The molecular formula is C13H15N5OS2. The zero-order chi connectivity index (χ0) is 14.6. The van der Waals surface area contributed by atoms with Gasteiger partial charge in [-0.2, -0.15) is 4.98 Å². The van der Waals surface area contributed by atoms with Crippen molar-refractivity contribution in [2.75, 3.05) is 19.0 Å². The number of thiazole rings is 1. The standard InChI is InChI=1S/C13H15N5OS2/c1-18(2)12-16-10-8(21-12)6-7(20-10)9-15-11(17-19-9)13(14)4-3-5-13/h6H,3-5,14H2,1-2H3. The summed E-state index contributed by atoms with van der Waals surface area (Å²) in [5.74, 6) is 1.17. The molecule has 0 atom stereocenters. The average molecular weight is 321 g/mol. The Labute approximate surface area is 129 Å². The van der Waals surface area contributed by atoms with E-state index in [-0.39, 0.29) is 5.54 Å². The Bertz CT molecular complexity index is 767. The minimum atomic E-state index is -0.382. The molecule has 110 valence electrons. The fraction of sp³-hybridized carbons (Fsp3) is 0.462. The maximum absolute atomic E-state index is 6.23. The number of nitrogens with two attached hydrogens (primary N) is 1. The van der Waals surface area contributed by atoms with Crippen molar-refractivity contribution < 1.29 is 4.52 Å². The molecule has 3 aromatic rings. The van der Waals surface area contributed by atoms with E-state index in [1.165, 1.54) is 0 Å². The first-order valence-electron chi connectivity index (χ1n) is 6.76. The molecule has 0 unspecified atom stereocenters. The molecule has 0 aromatic carbocycles. The fourth-order valence-corrected chi connectivity index (χ4v) is 4.38. The molecule has 0 amide bonds. The van der Waals surface area contributed by atoms with E-state index in [0.717, 1.165) is 38.8 Å². The molecule has 0 spiro atoms. The lowest BCUT2D eigenvalue weighted by molar-refractivity contribution is 0.229. The highest BCUT2D eigenvalue weighted by Crippen LogP contribution is 2.40. The van der Waals surface area contributed by atoms with Crippen LogP contribution in [0, 0.1) is 0 Å². The third-order valence-electron chi connectivity index (χ3n) is 3.79. The van der Waals surface area contributed by atoms with E-state index in [0.29, 0.717) is 11.7 Å². The molecule has 21 heavy (non-hydrogen) atoms. The molecule has 8 heteroatoms. The fourth-order valence-electron chi connectivity index (χ4n) is 2.33. The summed E-state index contributed by atoms with van der Waals surface area (Å²) in [6.07, 6.45) is 2.99. The SMILES string of the molecule is CN(C)c1nc2sc(-c3nc(C4(N)CCC4)no3)cc2s1. The number of hydrogen-bond acceptors (Lipinski definition) is 8. The van der Waals surface area contributed by atoms with Crippen LogP contribution in [0.1, 0.15) is 25.1 Å². The smallest absolute Gasteiger partial charge is 0.268 e. The van der Waals surface area contributed by atoms with E-state index in [4.69, 9.17) is 10.3 Å². The van der Waals surface area contributed by atoms with Crippen molar-refractivity contribution in [3.8, 4) is 10.8 Å². The van der Waals surface area contributed by atoms with Crippen LogP contribution in [-0.4, -0.2) is 29.2 Å². The second-order valence-corrected chi connectivity index (χ2v) is 7.64. The summed E-state index contributed by atoms with van der Waals surface area (Å²) in [4.78, 5) is 13.0. The van der Waals surface area contributed by atoms with Crippen molar-refractivity contribution in [3.63, 3.8) is 0 Å². The lowest BCUT2D eigenvalue weighted by atomic mass is 9.77. The Morgan fingerprint density at radius 1 is 1.29 bits per heavy atom. The van der Waals surface area contributed by atoms with Crippen molar-refractivity contribution in [2.24, 2.45) is 5.73 Å². The van der Waals surface area contributed by atoms with Crippen LogP contribution in [0.15, 0.2) is 10.6 Å². The largest absolute Gasteiger partial charge is 0.354 e. The summed E-state index contributed by atoms with van der Waals surface area (Å²) >= 11 is 3.23. The molecule has 0 aliphatic heterocycles. The van der Waals surface area contributed by atoms with E-state index < -0.39 is 0 Å². The van der Waals surface area contributed by atoms with E-state index in [1.54, 1.807) is 22.7 Å². The molecular weight excluding hydrogens is 306 g/mol. The van der Waals surface area contributed by atoms with Gasteiger partial charge < -0.3 is 15.2 Å². The summed E-state index contributed by atoms with van der Waals surface area (Å²) in [5.41, 5.74) is 5.84. The lowest BCUT2D eigenvalue weighted by Crippen LogP contribution is -2.44. The Hall–Kier alpha value is -1.51. The van der Waals surface area contributed by atoms with Gasteiger partial charge in [0, 0.05) is 14.1 Å². The number of fused-ring (bicyclic) bond motifs is 1. The Balaban J connectivity index is 1.68. The normalized spacial score (nSPS) is 17.1. The average Bonchev–Trinajstić information content (AvgIpc) is 3.08. The van der Waals surface area contributed by atoms with Gasteiger partial charge in [0.25, 0.3) is 5.89 Å². The summed E-state index contributed by atoms with van der Waals surface area (Å²) in [6, 6.07) is 2.06. The number of nitrogens with zero attached hydrogens (tertiary/aromatic N) is 4. The quantitative estimate of drug-likeness (QED) is 0.799. The van der Waals surface area contributed by atoms with E-state index in [2.05, 4.69) is 21.2 Å². The summed E-state index contributed by atoms with van der Waals surface area (Å²) in [6.45, 7) is 0. The first-order valence-corrected chi connectivity index (χ1v) is 8.40. The van der Waals surface area contributed by atoms with Crippen molar-refractivity contribution >= 4 is 37.3 Å². The zero-order valence-corrected chi connectivity index (χ0v) is 13.4. The Morgan fingerprint density at radius 2 is 2.10 bits per heavy atom. The molecule has 1 fully saturated rings. The maximum Gasteiger partial charge on any atom is 0.268 e. The van der Waals surface area contributed by atoms with Gasteiger partial charge in [0.15, 0.2) is 11.0 Å². The van der Waals surface area contributed by atoms with Gasteiger partial charge in [-0.05, 0) is 25.3 Å². The van der Waals surface area contributed by atoms with Crippen molar-refractivity contribution in [3.05, 3.63) is 11.9 Å². The molecule has 0 saturated heterocycles. The molecule has 4 rings (SSSR count). The summed E-state index contributed by atoms with van der Waals surface area (Å²) in [5, 5.41) is 5.06. The van der Waals surface area contributed by atoms with Crippen LogP contribution in [0.2, 0.25) is 0 Å². The van der Waals surface area contributed by atoms with Gasteiger partial charge in [-0.25, -0.2) is 4.98 Å². The second-order valence-electron chi connectivity index (χ2n) is 5.60. The van der Waals surface area contributed by atoms with Crippen LogP contribution in [-0.2, 0) is 5.54 Å². The van der Waals surface area contributed by atoms with Gasteiger partial charge in [-0.15, -0.1) is 11.3 Å². The topological polar surface area (TPSA) is 81.1 Å². The number of aromatic nitrogens is 3. The Kier molecular flexibility index (Phi) is 2.82. The zero-order valence-electron chi connectivity index (χ0n) is 11.8.